The van der Waals surface area contributed by atoms with E-state index in [9.17, 15) is 18.0 Å². The van der Waals surface area contributed by atoms with E-state index in [1.54, 1.807) is 9.42 Å². The van der Waals surface area contributed by atoms with Gasteiger partial charge in [-0.3, -0.25) is 10.2 Å². The molecule has 5 heterocycles. The fourth-order valence-corrected chi connectivity index (χ4v) is 5.40. The first-order chi connectivity index (χ1) is 16.2. The minimum absolute atomic E-state index is 0.140. The number of anilines is 1. The van der Waals surface area contributed by atoms with Crippen LogP contribution in [0.4, 0.5) is 19.0 Å². The predicted molar refractivity (Wildman–Crippen MR) is 120 cm³/mol. The Kier molecular flexibility index (Phi) is 6.15. The van der Waals surface area contributed by atoms with Gasteiger partial charge in [0.1, 0.15) is 18.4 Å². The van der Waals surface area contributed by atoms with E-state index in [4.69, 9.17) is 15.8 Å². The number of nitrogens with one attached hydrogen (secondary N) is 1. The number of fused-ring (bicyclic) bond motifs is 1. The van der Waals surface area contributed by atoms with Crippen molar-refractivity contribution < 1.29 is 18.0 Å². The van der Waals surface area contributed by atoms with Crippen molar-refractivity contribution in [3.05, 3.63) is 23.5 Å². The van der Waals surface area contributed by atoms with Gasteiger partial charge in [-0.2, -0.15) is 18.3 Å². The number of hydrogen-bond donors (Lipinski definition) is 2. The van der Waals surface area contributed by atoms with Crippen LogP contribution >= 0.6 is 0 Å². The summed E-state index contributed by atoms with van der Waals surface area (Å²) in [6.45, 7) is 3.33. The molecule has 0 aliphatic carbocycles. The summed E-state index contributed by atoms with van der Waals surface area (Å²) in [6, 6.07) is 0.933. The lowest BCUT2D eigenvalue weighted by Gasteiger charge is -2.38. The summed E-state index contributed by atoms with van der Waals surface area (Å²) in [4.78, 5) is 22.2. The number of nitrogens with two attached hydrogens (primary N) is 1. The Bertz CT molecular complexity index is 1060. The highest BCUT2D eigenvalue weighted by molar-refractivity contribution is 5.82. The smallest absolute Gasteiger partial charge is 0.355 e. The minimum atomic E-state index is -4.38. The second-order valence-corrected chi connectivity index (χ2v) is 9.61. The molecule has 5 rings (SSSR count). The number of halogens is 3. The second-order valence-electron chi connectivity index (χ2n) is 9.61. The highest BCUT2D eigenvalue weighted by atomic mass is 19.4. The normalized spacial score (nSPS) is 26.7. The van der Waals surface area contributed by atoms with Gasteiger partial charge in [-0.25, -0.2) is 14.5 Å². The van der Waals surface area contributed by atoms with Gasteiger partial charge in [0.15, 0.2) is 5.65 Å². The molecule has 2 aromatic rings. The predicted octanol–water partition coefficient (Wildman–Crippen LogP) is 1.77. The lowest BCUT2D eigenvalue weighted by Crippen LogP contribution is -2.52. The van der Waals surface area contributed by atoms with Gasteiger partial charge in [-0.05, 0) is 39.0 Å². The average Bonchev–Trinajstić information content (AvgIpc) is 3.51. The van der Waals surface area contributed by atoms with Crippen LogP contribution in [-0.2, 0) is 4.79 Å². The largest absolute Gasteiger partial charge is 0.402 e. The maximum atomic E-state index is 13.4. The van der Waals surface area contributed by atoms with Crippen LogP contribution in [-0.4, -0.2) is 81.4 Å². The summed E-state index contributed by atoms with van der Waals surface area (Å²) < 4.78 is 40.8. The molecule has 9 nitrogen and oxygen atoms in total. The fraction of sp³-hybridized carbons (Fsp3) is 0.682. The first-order valence-electron chi connectivity index (χ1n) is 11.9. The van der Waals surface area contributed by atoms with Crippen molar-refractivity contribution in [3.63, 3.8) is 0 Å². The number of carbonyl (C=O) groups is 1. The van der Waals surface area contributed by atoms with E-state index in [2.05, 4.69) is 10.3 Å². The summed E-state index contributed by atoms with van der Waals surface area (Å²) in [5.74, 6) is 0.621. The number of alkyl halides is 3. The summed E-state index contributed by atoms with van der Waals surface area (Å²) in [7, 11) is 0. The second kappa shape index (κ2) is 8.97. The van der Waals surface area contributed by atoms with Gasteiger partial charge in [0.25, 0.3) is 0 Å². The zero-order valence-electron chi connectivity index (χ0n) is 19.3. The molecule has 12 heteroatoms. The highest BCUT2D eigenvalue weighted by Crippen LogP contribution is 2.33. The van der Waals surface area contributed by atoms with Crippen molar-refractivity contribution in [2.24, 2.45) is 5.73 Å². The first kappa shape index (κ1) is 23.3. The molecule has 3 aliphatic rings. The lowest BCUT2D eigenvalue weighted by molar-refractivity contribution is -0.162. The van der Waals surface area contributed by atoms with Crippen molar-refractivity contribution in [2.45, 2.75) is 63.3 Å². The molecule has 0 bridgehead atoms. The number of hydrogen-bond acceptors (Lipinski definition) is 7. The Morgan fingerprint density at radius 1 is 1.24 bits per heavy atom. The molecule has 3 atom stereocenters. The van der Waals surface area contributed by atoms with Gasteiger partial charge in [-0.1, -0.05) is 0 Å². The van der Waals surface area contributed by atoms with Crippen LogP contribution in [0.5, 0.6) is 0 Å². The topological polar surface area (TPSA) is 95.0 Å². The van der Waals surface area contributed by atoms with Gasteiger partial charge >= 0.3 is 6.18 Å². The molecule has 3 saturated heterocycles. The number of piperidine rings is 1. The van der Waals surface area contributed by atoms with Crippen LogP contribution in [0.15, 0.2) is 12.3 Å². The van der Waals surface area contributed by atoms with Crippen molar-refractivity contribution in [2.75, 3.05) is 37.6 Å². The molecule has 1 amide bonds. The number of hydrazine groups is 1. The zero-order chi connectivity index (χ0) is 24.0. The van der Waals surface area contributed by atoms with Crippen LogP contribution in [0.3, 0.4) is 0 Å². The van der Waals surface area contributed by atoms with Crippen molar-refractivity contribution >= 4 is 17.4 Å². The Balaban J connectivity index is 1.40. The Morgan fingerprint density at radius 2 is 2.06 bits per heavy atom. The Hall–Kier alpha value is -2.44. The molecule has 34 heavy (non-hydrogen) atoms. The summed E-state index contributed by atoms with van der Waals surface area (Å²) in [5, 5.41) is 5.76. The third-order valence-corrected chi connectivity index (χ3v) is 7.02. The molecular weight excluding hydrogens is 449 g/mol. The quantitative estimate of drug-likeness (QED) is 0.689. The molecule has 3 N–H and O–H groups in total. The molecule has 3 aliphatic heterocycles. The SMILES string of the molecule is Cc1cn2nc(C3CCCCN3C(=O)C3CCNN3CC(F)(F)F)cc2nc1N1CCC(N)C1. The Labute approximate surface area is 196 Å². The molecule has 0 aromatic carbocycles. The average molecular weight is 481 g/mol. The van der Waals surface area contributed by atoms with Gasteiger partial charge < -0.3 is 15.5 Å². The third-order valence-electron chi connectivity index (χ3n) is 7.02. The monoisotopic (exact) mass is 480 g/mol. The molecule has 3 unspecified atom stereocenters. The first-order valence-corrected chi connectivity index (χ1v) is 11.9. The van der Waals surface area contributed by atoms with Gasteiger partial charge in [0.05, 0.1) is 11.7 Å². The molecule has 186 valence electrons. The Morgan fingerprint density at radius 3 is 2.79 bits per heavy atom. The van der Waals surface area contributed by atoms with E-state index in [0.717, 1.165) is 60.9 Å². The van der Waals surface area contributed by atoms with E-state index in [1.807, 2.05) is 19.2 Å². The van der Waals surface area contributed by atoms with Crippen LogP contribution < -0.4 is 16.1 Å². The standard InChI is InChI=1S/C22H31F3N8O/c1-14-11-32-19(28-20(14)30-9-6-15(26)12-30)10-16(29-32)17-4-2-3-8-31(17)21(34)18-5-7-27-33(18)13-22(23,24)25/h10-11,15,17-18,27H,2-9,12-13,26H2,1H3. The minimum Gasteiger partial charge on any atom is -0.355 e. The summed E-state index contributed by atoms with van der Waals surface area (Å²) >= 11 is 0. The van der Waals surface area contributed by atoms with E-state index < -0.39 is 18.8 Å². The van der Waals surface area contributed by atoms with Crippen LogP contribution in [0.1, 0.15) is 49.4 Å². The summed E-state index contributed by atoms with van der Waals surface area (Å²) in [5.41, 5.74) is 11.2. The van der Waals surface area contributed by atoms with Gasteiger partial charge in [0.2, 0.25) is 5.91 Å². The number of amides is 1. The zero-order valence-corrected chi connectivity index (χ0v) is 19.3. The summed E-state index contributed by atoms with van der Waals surface area (Å²) in [6.07, 6.45) is 1.32. The fourth-order valence-electron chi connectivity index (χ4n) is 5.40. The van der Waals surface area contributed by atoms with Crippen LogP contribution in [0, 0.1) is 6.92 Å². The number of aryl methyl sites for hydroxylation is 1. The lowest BCUT2D eigenvalue weighted by atomic mass is 9.98. The van der Waals surface area contributed by atoms with Crippen LogP contribution in [0.2, 0.25) is 0 Å². The number of carbonyl (C=O) groups excluding carboxylic acids is 1. The number of nitrogens with zero attached hydrogens (tertiary/aromatic N) is 6. The van der Waals surface area contributed by atoms with Crippen molar-refractivity contribution in [1.82, 2.24) is 29.9 Å². The number of likely N-dealkylation sites (tertiary alicyclic amines) is 1. The van der Waals surface area contributed by atoms with Crippen LogP contribution in [0.25, 0.3) is 5.65 Å². The van der Waals surface area contributed by atoms with E-state index in [1.165, 1.54) is 0 Å². The maximum Gasteiger partial charge on any atom is 0.402 e. The van der Waals surface area contributed by atoms with Gasteiger partial charge in [0, 0.05) is 50.0 Å². The van der Waals surface area contributed by atoms with Gasteiger partial charge in [-0.15, -0.1) is 0 Å². The van der Waals surface area contributed by atoms with Crippen molar-refractivity contribution in [3.8, 4) is 0 Å². The molecule has 0 spiro atoms. The molecule has 0 saturated carbocycles. The molecule has 3 fully saturated rings. The third kappa shape index (κ3) is 4.58. The molecule has 0 radical (unpaired) electrons. The van der Waals surface area contributed by atoms with E-state index in [0.29, 0.717) is 25.2 Å². The highest BCUT2D eigenvalue weighted by Gasteiger charge is 2.42. The van der Waals surface area contributed by atoms with E-state index >= 15 is 0 Å². The number of rotatable bonds is 4. The maximum absolute atomic E-state index is 13.4. The molecular formula is C22H31F3N8O. The van der Waals surface area contributed by atoms with E-state index in [-0.39, 0.29) is 18.0 Å². The molecule has 2 aromatic heterocycles. The van der Waals surface area contributed by atoms with Crippen molar-refractivity contribution in [1.29, 1.82) is 0 Å². The number of aromatic nitrogens is 3.